The molecule has 0 aromatic heterocycles. The van der Waals surface area contributed by atoms with Crippen LogP contribution < -0.4 is 0 Å². The quantitative estimate of drug-likeness (QED) is 0.811. The first-order valence-corrected chi connectivity index (χ1v) is 6.90. The van der Waals surface area contributed by atoms with Gasteiger partial charge in [-0.25, -0.2) is 4.39 Å². The number of hydrogen-bond donors (Lipinski definition) is 0. The van der Waals surface area contributed by atoms with E-state index in [1.807, 2.05) is 0 Å². The van der Waals surface area contributed by atoms with Gasteiger partial charge in [0, 0.05) is 12.8 Å². The lowest BCUT2D eigenvalue weighted by atomic mass is 9.97. The summed E-state index contributed by atoms with van der Waals surface area (Å²) in [5.41, 5.74) is 0.890. The van der Waals surface area contributed by atoms with Gasteiger partial charge in [0.05, 0.1) is 4.47 Å². The van der Waals surface area contributed by atoms with Crippen LogP contribution in [0, 0.1) is 11.7 Å². The van der Waals surface area contributed by atoms with Crippen LogP contribution in [0.4, 0.5) is 4.39 Å². The number of carbonyl (C=O) groups excluding carboxylic acids is 1. The SMILES string of the molecule is O=C(Cc1ccc(F)c(Br)c1)CC1CCCC1. The van der Waals surface area contributed by atoms with Crippen molar-refractivity contribution in [3.05, 3.63) is 34.1 Å². The second kappa shape index (κ2) is 5.76. The Hall–Kier alpha value is -0.700. The summed E-state index contributed by atoms with van der Waals surface area (Å²) in [5, 5.41) is 0. The van der Waals surface area contributed by atoms with Gasteiger partial charge in [0.1, 0.15) is 11.6 Å². The molecule has 0 unspecified atom stereocenters. The number of benzene rings is 1. The highest BCUT2D eigenvalue weighted by Gasteiger charge is 2.18. The highest BCUT2D eigenvalue weighted by molar-refractivity contribution is 9.10. The molecule has 0 amide bonds. The lowest BCUT2D eigenvalue weighted by Crippen LogP contribution is -2.08. The fourth-order valence-corrected chi connectivity index (χ4v) is 2.91. The first-order chi connectivity index (χ1) is 8.15. The van der Waals surface area contributed by atoms with Crippen molar-refractivity contribution in [2.45, 2.75) is 38.5 Å². The lowest BCUT2D eigenvalue weighted by Gasteiger charge is -2.08. The van der Waals surface area contributed by atoms with Crippen molar-refractivity contribution in [2.75, 3.05) is 0 Å². The van der Waals surface area contributed by atoms with E-state index in [0.717, 1.165) is 5.56 Å². The van der Waals surface area contributed by atoms with Crippen molar-refractivity contribution in [2.24, 2.45) is 5.92 Å². The van der Waals surface area contributed by atoms with Crippen LogP contribution in [-0.4, -0.2) is 5.78 Å². The van der Waals surface area contributed by atoms with Crippen LogP contribution in [0.5, 0.6) is 0 Å². The summed E-state index contributed by atoms with van der Waals surface area (Å²) in [6, 6.07) is 4.79. The fraction of sp³-hybridized carbons (Fsp3) is 0.500. The van der Waals surface area contributed by atoms with E-state index < -0.39 is 0 Å². The van der Waals surface area contributed by atoms with E-state index in [9.17, 15) is 9.18 Å². The number of Topliss-reactive ketones (excluding diaryl/α,β-unsaturated/α-hetero) is 1. The number of halogens is 2. The zero-order chi connectivity index (χ0) is 12.3. The van der Waals surface area contributed by atoms with E-state index in [0.29, 0.717) is 23.2 Å². The molecular weight excluding hydrogens is 283 g/mol. The van der Waals surface area contributed by atoms with Gasteiger partial charge in [-0.2, -0.15) is 0 Å². The standard InChI is InChI=1S/C14H16BrFO/c15-13-9-11(5-6-14(13)16)8-12(17)7-10-3-1-2-4-10/h5-6,9-10H,1-4,7-8H2. The van der Waals surface area contributed by atoms with E-state index >= 15 is 0 Å². The van der Waals surface area contributed by atoms with Gasteiger partial charge in [0.25, 0.3) is 0 Å². The van der Waals surface area contributed by atoms with Gasteiger partial charge < -0.3 is 0 Å². The summed E-state index contributed by atoms with van der Waals surface area (Å²) in [5.74, 6) is 0.582. The van der Waals surface area contributed by atoms with Crippen LogP contribution in [0.1, 0.15) is 37.7 Å². The number of hydrogen-bond acceptors (Lipinski definition) is 1. The van der Waals surface area contributed by atoms with Gasteiger partial charge in [-0.05, 0) is 39.5 Å². The third-order valence-electron chi connectivity index (χ3n) is 3.38. The van der Waals surface area contributed by atoms with E-state index in [2.05, 4.69) is 15.9 Å². The summed E-state index contributed by atoms with van der Waals surface area (Å²) in [6.45, 7) is 0. The number of ketones is 1. The molecule has 1 aliphatic carbocycles. The molecular formula is C14H16BrFO. The Kier molecular flexibility index (Phi) is 4.32. The molecule has 0 spiro atoms. The van der Waals surface area contributed by atoms with Crippen molar-refractivity contribution in [1.82, 2.24) is 0 Å². The van der Waals surface area contributed by atoms with Crippen molar-refractivity contribution < 1.29 is 9.18 Å². The Labute approximate surface area is 110 Å². The predicted molar refractivity (Wildman–Crippen MR) is 69.4 cm³/mol. The van der Waals surface area contributed by atoms with Gasteiger partial charge in [0.15, 0.2) is 0 Å². The van der Waals surface area contributed by atoms with E-state index in [-0.39, 0.29) is 11.6 Å². The van der Waals surface area contributed by atoms with Crippen LogP contribution >= 0.6 is 15.9 Å². The minimum absolute atomic E-state index is 0.274. The Morgan fingerprint density at radius 1 is 1.35 bits per heavy atom. The van der Waals surface area contributed by atoms with Gasteiger partial charge in [-0.15, -0.1) is 0 Å². The smallest absolute Gasteiger partial charge is 0.137 e. The molecule has 1 aromatic carbocycles. The molecule has 0 atom stereocenters. The topological polar surface area (TPSA) is 17.1 Å². The Balaban J connectivity index is 1.90. The van der Waals surface area contributed by atoms with Crippen molar-refractivity contribution in [3.63, 3.8) is 0 Å². The Bertz CT molecular complexity index is 411. The Morgan fingerprint density at radius 2 is 2.06 bits per heavy atom. The van der Waals surface area contributed by atoms with Gasteiger partial charge in [0.2, 0.25) is 0 Å². The average molecular weight is 299 g/mol. The van der Waals surface area contributed by atoms with Gasteiger partial charge >= 0.3 is 0 Å². The van der Waals surface area contributed by atoms with Crippen LogP contribution in [0.25, 0.3) is 0 Å². The van der Waals surface area contributed by atoms with Crippen molar-refractivity contribution in [3.8, 4) is 0 Å². The highest BCUT2D eigenvalue weighted by Crippen LogP contribution is 2.28. The molecule has 3 heteroatoms. The molecule has 1 fully saturated rings. The van der Waals surface area contributed by atoms with Crippen molar-refractivity contribution in [1.29, 1.82) is 0 Å². The molecule has 17 heavy (non-hydrogen) atoms. The van der Waals surface area contributed by atoms with Crippen molar-refractivity contribution >= 4 is 21.7 Å². The molecule has 1 aromatic rings. The van der Waals surface area contributed by atoms with Gasteiger partial charge in [-0.3, -0.25) is 4.79 Å². The van der Waals surface area contributed by atoms with E-state index in [1.165, 1.54) is 31.7 Å². The minimum Gasteiger partial charge on any atom is -0.299 e. The molecule has 2 rings (SSSR count). The molecule has 1 saturated carbocycles. The molecule has 0 saturated heterocycles. The zero-order valence-corrected chi connectivity index (χ0v) is 11.3. The van der Waals surface area contributed by atoms with Crippen LogP contribution in [0.3, 0.4) is 0 Å². The molecule has 92 valence electrons. The molecule has 0 N–H and O–H groups in total. The molecule has 0 aliphatic heterocycles. The maximum Gasteiger partial charge on any atom is 0.137 e. The summed E-state index contributed by atoms with van der Waals surface area (Å²) in [4.78, 5) is 11.9. The normalized spacial score (nSPS) is 16.4. The van der Waals surface area contributed by atoms with Crippen LogP contribution in [0.15, 0.2) is 22.7 Å². The fourth-order valence-electron chi connectivity index (χ4n) is 2.49. The van der Waals surface area contributed by atoms with E-state index in [1.54, 1.807) is 12.1 Å². The second-order valence-electron chi connectivity index (χ2n) is 4.82. The molecule has 1 nitrogen and oxygen atoms in total. The monoisotopic (exact) mass is 298 g/mol. The molecule has 0 bridgehead atoms. The predicted octanol–water partition coefficient (Wildman–Crippen LogP) is 4.28. The largest absolute Gasteiger partial charge is 0.299 e. The third kappa shape index (κ3) is 3.63. The molecule has 1 aliphatic rings. The minimum atomic E-state index is -0.281. The number of carbonyl (C=O) groups is 1. The summed E-state index contributed by atoms with van der Waals surface area (Å²) in [6.07, 6.45) is 6.03. The highest BCUT2D eigenvalue weighted by atomic mass is 79.9. The third-order valence-corrected chi connectivity index (χ3v) is 3.98. The van der Waals surface area contributed by atoms with Gasteiger partial charge in [-0.1, -0.05) is 31.7 Å². The second-order valence-corrected chi connectivity index (χ2v) is 5.67. The average Bonchev–Trinajstić information content (AvgIpc) is 2.76. The maximum atomic E-state index is 13.0. The lowest BCUT2D eigenvalue weighted by molar-refractivity contribution is -0.119. The first-order valence-electron chi connectivity index (χ1n) is 6.11. The first kappa shape index (κ1) is 12.7. The Morgan fingerprint density at radius 3 is 2.71 bits per heavy atom. The van der Waals surface area contributed by atoms with Crippen LogP contribution in [0.2, 0.25) is 0 Å². The maximum absolute atomic E-state index is 13.0. The summed E-state index contributed by atoms with van der Waals surface area (Å²) < 4.78 is 13.5. The summed E-state index contributed by atoms with van der Waals surface area (Å²) in [7, 11) is 0. The van der Waals surface area contributed by atoms with E-state index in [4.69, 9.17) is 0 Å². The number of rotatable bonds is 4. The zero-order valence-electron chi connectivity index (χ0n) is 9.72. The summed E-state index contributed by atoms with van der Waals surface area (Å²) >= 11 is 3.14. The van der Waals surface area contributed by atoms with Crippen LogP contribution in [-0.2, 0) is 11.2 Å². The molecule has 0 heterocycles. The molecule has 0 radical (unpaired) electrons.